The van der Waals surface area contributed by atoms with Gasteiger partial charge in [0.1, 0.15) is 4.33 Å². The molecule has 1 aliphatic rings. The Morgan fingerprint density at radius 2 is 2.14 bits per heavy atom. The summed E-state index contributed by atoms with van der Waals surface area (Å²) in [5.41, 5.74) is 0. The normalized spacial score (nSPS) is 35.6. The Morgan fingerprint density at radius 3 is 2.14 bits per heavy atom. The van der Waals surface area contributed by atoms with Crippen molar-refractivity contribution < 1.29 is 4.74 Å². The highest BCUT2D eigenvalue weighted by atomic mass is 35.5. The average molecular weight is 141 g/mol. The number of ether oxygens (including phenoxy) is 1. The van der Waals surface area contributed by atoms with E-state index in [9.17, 15) is 0 Å². The maximum Gasteiger partial charge on any atom is 0.146 e. The number of halogens is 2. The van der Waals surface area contributed by atoms with Crippen LogP contribution in [0.25, 0.3) is 0 Å². The minimum atomic E-state index is -0.561. The van der Waals surface area contributed by atoms with Crippen LogP contribution >= 0.6 is 23.2 Å². The molecule has 0 aromatic rings. The molecule has 0 spiro atoms. The molecular weight excluding hydrogens is 135 g/mol. The fraction of sp³-hybridized carbons (Fsp3) is 1.00. The maximum atomic E-state index is 5.55. The molecule has 42 valence electrons. The molecule has 0 saturated heterocycles. The molecule has 0 amide bonds. The Bertz CT molecular complexity index is 81.8. The summed E-state index contributed by atoms with van der Waals surface area (Å²) in [5, 5.41) is 0. The highest BCUT2D eigenvalue weighted by molar-refractivity contribution is 6.51. The van der Waals surface area contributed by atoms with Gasteiger partial charge in [-0.3, -0.25) is 0 Å². The SMILES string of the molecule is CO[C@H]1CC1(Cl)Cl. The molecular formula is C4H6Cl2O. The summed E-state index contributed by atoms with van der Waals surface area (Å²) < 4.78 is 4.25. The van der Waals surface area contributed by atoms with Gasteiger partial charge in [0.05, 0.1) is 6.10 Å². The third-order valence-electron chi connectivity index (χ3n) is 1.05. The first kappa shape index (κ1) is 5.67. The minimum Gasteiger partial charge on any atom is -0.378 e. The van der Waals surface area contributed by atoms with Crippen molar-refractivity contribution in [1.82, 2.24) is 0 Å². The van der Waals surface area contributed by atoms with Crippen LogP contribution < -0.4 is 0 Å². The standard InChI is InChI=1S/C4H6Cl2O/c1-7-3-2-4(3,5)6/h3H,2H2,1H3/t3-/m0/s1. The lowest BCUT2D eigenvalue weighted by atomic mass is 10.8. The topological polar surface area (TPSA) is 9.23 Å². The Hall–Kier alpha value is 0.540. The molecule has 0 aliphatic heterocycles. The summed E-state index contributed by atoms with van der Waals surface area (Å²) in [4.78, 5) is 0. The fourth-order valence-electron chi connectivity index (χ4n) is 0.444. The third-order valence-corrected chi connectivity index (χ3v) is 1.85. The van der Waals surface area contributed by atoms with E-state index in [0.29, 0.717) is 0 Å². The number of hydrogen-bond acceptors (Lipinski definition) is 1. The molecule has 1 rings (SSSR count). The number of alkyl halides is 2. The molecule has 0 radical (unpaired) electrons. The van der Waals surface area contributed by atoms with Crippen LogP contribution in [0.2, 0.25) is 0 Å². The van der Waals surface area contributed by atoms with Gasteiger partial charge in [-0.15, -0.1) is 0 Å². The number of hydrogen-bond donors (Lipinski definition) is 0. The van der Waals surface area contributed by atoms with Gasteiger partial charge in [0.15, 0.2) is 0 Å². The lowest BCUT2D eigenvalue weighted by Crippen LogP contribution is -1.96. The number of rotatable bonds is 1. The van der Waals surface area contributed by atoms with Crippen molar-refractivity contribution in [3.63, 3.8) is 0 Å². The molecule has 1 aliphatic carbocycles. The molecule has 0 heterocycles. The zero-order valence-electron chi connectivity index (χ0n) is 3.95. The molecule has 7 heavy (non-hydrogen) atoms. The van der Waals surface area contributed by atoms with Crippen molar-refractivity contribution in [1.29, 1.82) is 0 Å². The summed E-state index contributed by atoms with van der Waals surface area (Å²) in [6.45, 7) is 0. The van der Waals surface area contributed by atoms with Crippen LogP contribution in [0.4, 0.5) is 0 Å². The Morgan fingerprint density at radius 1 is 1.71 bits per heavy atom. The van der Waals surface area contributed by atoms with Crippen LogP contribution in [0, 0.1) is 0 Å². The maximum absolute atomic E-state index is 5.55. The largest absolute Gasteiger partial charge is 0.378 e. The van der Waals surface area contributed by atoms with Gasteiger partial charge in [0, 0.05) is 13.5 Å². The summed E-state index contributed by atoms with van der Waals surface area (Å²) in [5.74, 6) is 0. The van der Waals surface area contributed by atoms with Crippen LogP contribution in [-0.4, -0.2) is 17.5 Å². The quantitative estimate of drug-likeness (QED) is 0.503. The molecule has 0 aromatic carbocycles. The van der Waals surface area contributed by atoms with Crippen molar-refractivity contribution in [2.75, 3.05) is 7.11 Å². The molecule has 0 bridgehead atoms. The van der Waals surface area contributed by atoms with E-state index in [-0.39, 0.29) is 6.10 Å². The summed E-state index contributed by atoms with van der Waals surface area (Å²) in [7, 11) is 1.61. The highest BCUT2D eigenvalue weighted by Gasteiger charge is 2.52. The van der Waals surface area contributed by atoms with Gasteiger partial charge >= 0.3 is 0 Å². The van der Waals surface area contributed by atoms with Crippen molar-refractivity contribution in [2.45, 2.75) is 16.9 Å². The summed E-state index contributed by atoms with van der Waals surface area (Å²) >= 11 is 11.1. The van der Waals surface area contributed by atoms with Crippen molar-refractivity contribution in [3.8, 4) is 0 Å². The van der Waals surface area contributed by atoms with Crippen LogP contribution in [0.15, 0.2) is 0 Å². The summed E-state index contributed by atoms with van der Waals surface area (Å²) in [6, 6.07) is 0. The van der Waals surface area contributed by atoms with E-state index >= 15 is 0 Å². The molecule has 3 heteroatoms. The molecule has 1 fully saturated rings. The van der Waals surface area contributed by atoms with Crippen LogP contribution in [0.5, 0.6) is 0 Å². The van der Waals surface area contributed by atoms with E-state index < -0.39 is 4.33 Å². The minimum absolute atomic E-state index is 0.0795. The lowest BCUT2D eigenvalue weighted by molar-refractivity contribution is 0.181. The molecule has 1 nitrogen and oxygen atoms in total. The zero-order valence-corrected chi connectivity index (χ0v) is 5.46. The van der Waals surface area contributed by atoms with Crippen LogP contribution in [0.1, 0.15) is 6.42 Å². The second-order valence-corrected chi connectivity index (χ2v) is 3.23. The first-order valence-electron chi connectivity index (χ1n) is 2.07. The van der Waals surface area contributed by atoms with E-state index in [1.54, 1.807) is 7.11 Å². The van der Waals surface area contributed by atoms with Gasteiger partial charge in [-0.2, -0.15) is 0 Å². The predicted octanol–water partition coefficient (Wildman–Crippen LogP) is 1.58. The average Bonchev–Trinajstić information content (AvgIpc) is 2.13. The van der Waals surface area contributed by atoms with Crippen LogP contribution in [0.3, 0.4) is 0 Å². The van der Waals surface area contributed by atoms with Crippen molar-refractivity contribution in [3.05, 3.63) is 0 Å². The Kier molecular flexibility index (Phi) is 1.22. The molecule has 0 unspecified atom stereocenters. The first-order valence-corrected chi connectivity index (χ1v) is 2.83. The lowest BCUT2D eigenvalue weighted by Gasteiger charge is -1.92. The van der Waals surface area contributed by atoms with Gasteiger partial charge in [-0.05, 0) is 0 Å². The van der Waals surface area contributed by atoms with Crippen LogP contribution in [-0.2, 0) is 4.74 Å². The van der Waals surface area contributed by atoms with Crippen molar-refractivity contribution in [2.24, 2.45) is 0 Å². The van der Waals surface area contributed by atoms with Gasteiger partial charge in [-0.1, -0.05) is 23.2 Å². The highest BCUT2D eigenvalue weighted by Crippen LogP contribution is 2.48. The van der Waals surface area contributed by atoms with E-state index in [1.165, 1.54) is 0 Å². The molecule has 0 N–H and O–H groups in total. The van der Waals surface area contributed by atoms with Gasteiger partial charge < -0.3 is 4.74 Å². The third kappa shape index (κ3) is 1.01. The fourth-order valence-corrected chi connectivity index (χ4v) is 0.902. The van der Waals surface area contributed by atoms with E-state index in [2.05, 4.69) is 0 Å². The zero-order chi connectivity index (χ0) is 5.49. The van der Waals surface area contributed by atoms with Gasteiger partial charge in [0.2, 0.25) is 0 Å². The Labute approximate surface area is 52.5 Å². The molecule has 1 saturated carbocycles. The van der Waals surface area contributed by atoms with Crippen molar-refractivity contribution >= 4 is 23.2 Å². The second kappa shape index (κ2) is 1.51. The first-order chi connectivity index (χ1) is 3.17. The van der Waals surface area contributed by atoms with Gasteiger partial charge in [0.25, 0.3) is 0 Å². The Balaban J connectivity index is 2.30. The second-order valence-electron chi connectivity index (χ2n) is 1.69. The predicted molar refractivity (Wildman–Crippen MR) is 29.9 cm³/mol. The summed E-state index contributed by atoms with van der Waals surface area (Å²) in [6.07, 6.45) is 0.850. The van der Waals surface area contributed by atoms with E-state index in [1.807, 2.05) is 0 Å². The monoisotopic (exact) mass is 140 g/mol. The van der Waals surface area contributed by atoms with E-state index in [0.717, 1.165) is 6.42 Å². The number of methoxy groups -OCH3 is 1. The smallest absolute Gasteiger partial charge is 0.146 e. The van der Waals surface area contributed by atoms with Gasteiger partial charge in [-0.25, -0.2) is 0 Å². The van der Waals surface area contributed by atoms with E-state index in [4.69, 9.17) is 27.9 Å². The molecule has 0 aromatic heterocycles. The molecule has 1 atom stereocenters.